The molecule has 140 valence electrons. The molecule has 2 rings (SSSR count). The van der Waals surface area contributed by atoms with Gasteiger partial charge in [0.2, 0.25) is 11.8 Å². The standard InChI is InChI=1S/C18H33N3O2.ClH/c1-14(21-17(22)12-15-6-3-2-4-7-15)18(23)20-11-9-16-8-5-10-19-13-16;/h14-16,19H,2-13H2,1H3,(H,20,23)(H,21,22);1H. The minimum atomic E-state index is -0.435. The van der Waals surface area contributed by atoms with Gasteiger partial charge in [-0.1, -0.05) is 19.3 Å². The van der Waals surface area contributed by atoms with Gasteiger partial charge in [-0.05, 0) is 64.0 Å². The Labute approximate surface area is 152 Å². The van der Waals surface area contributed by atoms with Crippen molar-refractivity contribution in [1.82, 2.24) is 16.0 Å². The Morgan fingerprint density at radius 2 is 1.79 bits per heavy atom. The Kier molecular flexibility index (Phi) is 10.3. The first-order chi connectivity index (χ1) is 11.1. The SMILES string of the molecule is CC(NC(=O)CC1CCCCC1)C(=O)NCCC1CCCNC1.Cl. The number of rotatable bonds is 7. The average Bonchev–Trinajstić information content (AvgIpc) is 2.56. The lowest BCUT2D eigenvalue weighted by molar-refractivity contribution is -0.129. The number of carbonyl (C=O) groups excluding carboxylic acids is 2. The zero-order chi connectivity index (χ0) is 16.5. The summed E-state index contributed by atoms with van der Waals surface area (Å²) in [6.07, 6.45) is 10.2. The van der Waals surface area contributed by atoms with Crippen molar-refractivity contribution in [2.24, 2.45) is 11.8 Å². The molecule has 0 spiro atoms. The van der Waals surface area contributed by atoms with Crippen LogP contribution >= 0.6 is 12.4 Å². The van der Waals surface area contributed by atoms with Crippen molar-refractivity contribution >= 4 is 24.2 Å². The molecular weight excluding hydrogens is 326 g/mol. The van der Waals surface area contributed by atoms with Gasteiger partial charge in [-0.3, -0.25) is 9.59 Å². The highest BCUT2D eigenvalue weighted by Gasteiger charge is 2.20. The van der Waals surface area contributed by atoms with Crippen molar-refractivity contribution < 1.29 is 9.59 Å². The average molecular weight is 360 g/mol. The van der Waals surface area contributed by atoms with E-state index in [4.69, 9.17) is 0 Å². The second-order valence-electron chi connectivity index (χ2n) is 7.29. The summed E-state index contributed by atoms with van der Waals surface area (Å²) >= 11 is 0. The largest absolute Gasteiger partial charge is 0.354 e. The predicted molar refractivity (Wildman–Crippen MR) is 99.3 cm³/mol. The molecule has 2 amide bonds. The summed E-state index contributed by atoms with van der Waals surface area (Å²) in [6.45, 7) is 4.65. The lowest BCUT2D eigenvalue weighted by atomic mass is 9.87. The number of hydrogen-bond acceptors (Lipinski definition) is 3. The van der Waals surface area contributed by atoms with E-state index in [1.54, 1.807) is 6.92 Å². The molecule has 1 aliphatic heterocycles. The maximum atomic E-state index is 12.1. The molecule has 2 atom stereocenters. The van der Waals surface area contributed by atoms with Crippen LogP contribution in [0, 0.1) is 11.8 Å². The normalized spacial score (nSPS) is 23.0. The molecule has 2 fully saturated rings. The number of halogens is 1. The molecule has 6 heteroatoms. The summed E-state index contributed by atoms with van der Waals surface area (Å²) in [5.74, 6) is 1.14. The van der Waals surface area contributed by atoms with Crippen molar-refractivity contribution in [2.75, 3.05) is 19.6 Å². The lowest BCUT2D eigenvalue weighted by Crippen LogP contribution is -2.45. The highest BCUT2D eigenvalue weighted by molar-refractivity contribution is 5.87. The van der Waals surface area contributed by atoms with Gasteiger partial charge < -0.3 is 16.0 Å². The van der Waals surface area contributed by atoms with Crippen molar-refractivity contribution in [3.05, 3.63) is 0 Å². The van der Waals surface area contributed by atoms with Gasteiger partial charge in [0.15, 0.2) is 0 Å². The van der Waals surface area contributed by atoms with Crippen LogP contribution in [0.4, 0.5) is 0 Å². The molecule has 1 saturated carbocycles. The topological polar surface area (TPSA) is 70.2 Å². The third kappa shape index (κ3) is 7.84. The van der Waals surface area contributed by atoms with Gasteiger partial charge >= 0.3 is 0 Å². The third-order valence-corrected chi connectivity index (χ3v) is 5.22. The molecule has 0 bridgehead atoms. The van der Waals surface area contributed by atoms with Gasteiger partial charge in [-0.2, -0.15) is 0 Å². The Hall–Kier alpha value is -0.810. The van der Waals surface area contributed by atoms with Crippen molar-refractivity contribution in [1.29, 1.82) is 0 Å². The summed E-state index contributed by atoms with van der Waals surface area (Å²) < 4.78 is 0. The van der Waals surface area contributed by atoms with Crippen LogP contribution in [-0.4, -0.2) is 37.5 Å². The summed E-state index contributed by atoms with van der Waals surface area (Å²) in [5, 5.41) is 9.20. The van der Waals surface area contributed by atoms with Crippen LogP contribution in [0.5, 0.6) is 0 Å². The second kappa shape index (κ2) is 11.7. The quantitative estimate of drug-likeness (QED) is 0.653. The second-order valence-corrected chi connectivity index (χ2v) is 7.29. The van der Waals surface area contributed by atoms with E-state index in [9.17, 15) is 9.59 Å². The fourth-order valence-electron chi connectivity index (χ4n) is 3.74. The minimum absolute atomic E-state index is 0. The molecule has 5 nitrogen and oxygen atoms in total. The Morgan fingerprint density at radius 1 is 1.08 bits per heavy atom. The van der Waals surface area contributed by atoms with Crippen LogP contribution in [0.3, 0.4) is 0 Å². The van der Waals surface area contributed by atoms with Crippen LogP contribution < -0.4 is 16.0 Å². The first kappa shape index (κ1) is 21.2. The Morgan fingerprint density at radius 3 is 2.46 bits per heavy atom. The number of carbonyl (C=O) groups is 2. The van der Waals surface area contributed by atoms with Gasteiger partial charge in [0, 0.05) is 13.0 Å². The summed E-state index contributed by atoms with van der Waals surface area (Å²) in [5.41, 5.74) is 0. The molecular formula is C18H34ClN3O2. The van der Waals surface area contributed by atoms with E-state index in [0.29, 0.717) is 24.8 Å². The van der Waals surface area contributed by atoms with E-state index in [1.807, 2.05) is 0 Å². The number of amides is 2. The Bertz CT molecular complexity index is 380. The zero-order valence-corrected chi connectivity index (χ0v) is 15.8. The van der Waals surface area contributed by atoms with Gasteiger partial charge in [-0.25, -0.2) is 0 Å². The van der Waals surface area contributed by atoms with Gasteiger partial charge in [-0.15, -0.1) is 12.4 Å². The number of nitrogens with one attached hydrogen (secondary N) is 3. The first-order valence-electron chi connectivity index (χ1n) is 9.43. The van der Waals surface area contributed by atoms with Crippen LogP contribution in [0.25, 0.3) is 0 Å². The molecule has 1 aliphatic carbocycles. The monoisotopic (exact) mass is 359 g/mol. The van der Waals surface area contributed by atoms with Crippen LogP contribution in [0.15, 0.2) is 0 Å². The molecule has 1 saturated heterocycles. The van der Waals surface area contributed by atoms with E-state index in [2.05, 4.69) is 16.0 Å². The van der Waals surface area contributed by atoms with Crippen LogP contribution in [0.2, 0.25) is 0 Å². The number of hydrogen-bond donors (Lipinski definition) is 3. The molecule has 0 aromatic carbocycles. The van der Waals surface area contributed by atoms with Crippen molar-refractivity contribution in [2.45, 2.75) is 70.8 Å². The fourth-order valence-corrected chi connectivity index (χ4v) is 3.74. The summed E-state index contributed by atoms with van der Waals surface area (Å²) in [6, 6.07) is -0.435. The van der Waals surface area contributed by atoms with Crippen molar-refractivity contribution in [3.8, 4) is 0 Å². The zero-order valence-electron chi connectivity index (χ0n) is 14.9. The molecule has 0 radical (unpaired) electrons. The van der Waals surface area contributed by atoms with Crippen LogP contribution in [0.1, 0.15) is 64.7 Å². The minimum Gasteiger partial charge on any atom is -0.354 e. The van der Waals surface area contributed by atoms with E-state index in [-0.39, 0.29) is 24.2 Å². The highest BCUT2D eigenvalue weighted by atomic mass is 35.5. The molecule has 0 aromatic rings. The van der Waals surface area contributed by atoms with E-state index < -0.39 is 6.04 Å². The van der Waals surface area contributed by atoms with E-state index in [1.165, 1.54) is 32.1 Å². The first-order valence-corrected chi connectivity index (χ1v) is 9.43. The van der Waals surface area contributed by atoms with Gasteiger partial charge in [0.25, 0.3) is 0 Å². The molecule has 3 N–H and O–H groups in total. The number of piperidine rings is 1. The molecule has 2 unspecified atom stereocenters. The summed E-state index contributed by atoms with van der Waals surface area (Å²) in [7, 11) is 0. The third-order valence-electron chi connectivity index (χ3n) is 5.22. The maximum Gasteiger partial charge on any atom is 0.242 e. The van der Waals surface area contributed by atoms with Crippen molar-refractivity contribution in [3.63, 3.8) is 0 Å². The predicted octanol–water partition coefficient (Wildman–Crippen LogP) is 2.39. The molecule has 0 aromatic heterocycles. The highest BCUT2D eigenvalue weighted by Crippen LogP contribution is 2.26. The van der Waals surface area contributed by atoms with E-state index >= 15 is 0 Å². The van der Waals surface area contributed by atoms with Gasteiger partial charge in [0.1, 0.15) is 6.04 Å². The summed E-state index contributed by atoms with van der Waals surface area (Å²) in [4.78, 5) is 24.1. The fraction of sp³-hybridized carbons (Fsp3) is 0.889. The van der Waals surface area contributed by atoms with Gasteiger partial charge in [0.05, 0.1) is 0 Å². The van der Waals surface area contributed by atoms with E-state index in [0.717, 1.165) is 32.4 Å². The molecule has 24 heavy (non-hydrogen) atoms. The van der Waals surface area contributed by atoms with Crippen LogP contribution in [-0.2, 0) is 9.59 Å². The molecule has 2 aliphatic rings. The lowest BCUT2D eigenvalue weighted by Gasteiger charge is -2.23. The molecule has 1 heterocycles. The Balaban J connectivity index is 0.00000288. The maximum absolute atomic E-state index is 12.1. The smallest absolute Gasteiger partial charge is 0.242 e.